The van der Waals surface area contributed by atoms with Gasteiger partial charge in [0.15, 0.2) is 0 Å². The van der Waals surface area contributed by atoms with Crippen LogP contribution in [0.4, 0.5) is 0 Å². The number of aliphatic hydroxyl groups is 1. The second-order valence-corrected chi connectivity index (χ2v) is 3.90. The quantitative estimate of drug-likeness (QED) is 0.819. The van der Waals surface area contributed by atoms with Gasteiger partial charge in [0.2, 0.25) is 5.82 Å². The molecule has 0 bridgehead atoms. The van der Waals surface area contributed by atoms with Crippen LogP contribution in [0, 0.1) is 0 Å². The predicted octanol–water partition coefficient (Wildman–Crippen LogP) is 0.632. The minimum absolute atomic E-state index is 0.135. The first-order valence-electron chi connectivity index (χ1n) is 5.91. The van der Waals surface area contributed by atoms with E-state index in [-0.39, 0.29) is 24.4 Å². The van der Waals surface area contributed by atoms with E-state index in [0.717, 1.165) is 0 Å². The summed E-state index contributed by atoms with van der Waals surface area (Å²) in [4.78, 5) is 19.8. The summed E-state index contributed by atoms with van der Waals surface area (Å²) in [6, 6.07) is 4.95. The van der Waals surface area contributed by atoms with E-state index in [1.807, 2.05) is 6.92 Å². The van der Waals surface area contributed by atoms with Crippen molar-refractivity contribution in [3.63, 3.8) is 0 Å². The third-order valence-electron chi connectivity index (χ3n) is 2.56. The molecule has 0 spiro atoms. The second kappa shape index (κ2) is 6.05. The maximum atomic E-state index is 11.8. The van der Waals surface area contributed by atoms with Crippen LogP contribution in [0.5, 0.6) is 0 Å². The number of nitrogens with one attached hydrogen (secondary N) is 1. The van der Waals surface area contributed by atoms with E-state index < -0.39 is 5.91 Å². The molecule has 19 heavy (non-hydrogen) atoms. The van der Waals surface area contributed by atoms with Crippen LogP contribution in [0.25, 0.3) is 11.5 Å². The number of aromatic nitrogens is 3. The zero-order valence-corrected chi connectivity index (χ0v) is 10.4. The summed E-state index contributed by atoms with van der Waals surface area (Å²) in [6.07, 6.45) is 2.22. The van der Waals surface area contributed by atoms with Gasteiger partial charge in [-0.25, -0.2) is 0 Å². The Morgan fingerprint density at radius 1 is 1.53 bits per heavy atom. The van der Waals surface area contributed by atoms with Gasteiger partial charge < -0.3 is 14.9 Å². The summed E-state index contributed by atoms with van der Waals surface area (Å²) < 4.78 is 4.88. The largest absolute Gasteiger partial charge is 0.394 e. The monoisotopic (exact) mass is 262 g/mol. The van der Waals surface area contributed by atoms with Crippen molar-refractivity contribution in [2.75, 3.05) is 6.61 Å². The first-order chi connectivity index (χ1) is 9.24. The van der Waals surface area contributed by atoms with Gasteiger partial charge in [0.05, 0.1) is 12.6 Å². The third kappa shape index (κ3) is 3.14. The van der Waals surface area contributed by atoms with Crippen LogP contribution in [0.3, 0.4) is 0 Å². The van der Waals surface area contributed by atoms with Gasteiger partial charge in [-0.2, -0.15) is 4.98 Å². The Balaban J connectivity index is 2.11. The van der Waals surface area contributed by atoms with Crippen molar-refractivity contribution in [3.8, 4) is 11.5 Å². The molecule has 7 nitrogen and oxygen atoms in total. The van der Waals surface area contributed by atoms with E-state index in [1.54, 1.807) is 24.4 Å². The fourth-order valence-electron chi connectivity index (χ4n) is 1.44. The number of rotatable bonds is 5. The highest BCUT2D eigenvalue weighted by atomic mass is 16.5. The maximum Gasteiger partial charge on any atom is 0.316 e. The summed E-state index contributed by atoms with van der Waals surface area (Å²) in [6.45, 7) is 1.72. The molecule has 0 fully saturated rings. The lowest BCUT2D eigenvalue weighted by Gasteiger charge is -2.11. The normalized spacial score (nSPS) is 12.1. The van der Waals surface area contributed by atoms with Gasteiger partial charge >= 0.3 is 11.8 Å². The summed E-state index contributed by atoms with van der Waals surface area (Å²) in [5.74, 6) is -0.397. The van der Waals surface area contributed by atoms with Crippen molar-refractivity contribution in [1.29, 1.82) is 0 Å². The molecule has 2 aromatic rings. The highest BCUT2D eigenvalue weighted by molar-refractivity contribution is 5.90. The number of hydrogen-bond donors (Lipinski definition) is 2. The molecule has 0 aliphatic rings. The maximum absolute atomic E-state index is 11.8. The topological polar surface area (TPSA) is 101 Å². The van der Waals surface area contributed by atoms with Gasteiger partial charge in [-0.15, -0.1) is 0 Å². The SMILES string of the molecule is CC[C@@H](CO)NC(=O)c1nc(-c2ccccn2)no1. The van der Waals surface area contributed by atoms with Crippen molar-refractivity contribution in [2.24, 2.45) is 0 Å². The first kappa shape index (κ1) is 13.2. The van der Waals surface area contributed by atoms with Gasteiger partial charge in [0.25, 0.3) is 0 Å². The smallest absolute Gasteiger partial charge is 0.316 e. The average Bonchev–Trinajstić information content (AvgIpc) is 2.95. The lowest BCUT2D eigenvalue weighted by Crippen LogP contribution is -2.37. The molecule has 0 aliphatic carbocycles. The third-order valence-corrected chi connectivity index (χ3v) is 2.56. The van der Waals surface area contributed by atoms with Crippen LogP contribution >= 0.6 is 0 Å². The van der Waals surface area contributed by atoms with Crippen molar-refractivity contribution >= 4 is 5.91 Å². The molecule has 0 aliphatic heterocycles. The molecule has 2 heterocycles. The molecule has 0 aromatic carbocycles. The Morgan fingerprint density at radius 2 is 2.37 bits per heavy atom. The van der Waals surface area contributed by atoms with E-state index in [4.69, 9.17) is 9.63 Å². The van der Waals surface area contributed by atoms with E-state index >= 15 is 0 Å². The average molecular weight is 262 g/mol. The molecule has 2 N–H and O–H groups in total. The van der Waals surface area contributed by atoms with Crippen LogP contribution in [-0.4, -0.2) is 38.8 Å². The molecule has 0 saturated carbocycles. The molecule has 0 unspecified atom stereocenters. The lowest BCUT2D eigenvalue weighted by atomic mass is 10.2. The number of aliphatic hydroxyl groups excluding tert-OH is 1. The molecule has 1 atom stereocenters. The van der Waals surface area contributed by atoms with Crippen molar-refractivity contribution in [2.45, 2.75) is 19.4 Å². The molecule has 0 radical (unpaired) electrons. The van der Waals surface area contributed by atoms with E-state index in [1.165, 1.54) is 0 Å². The van der Waals surface area contributed by atoms with Crippen LogP contribution in [0.15, 0.2) is 28.9 Å². The minimum atomic E-state index is -0.504. The van der Waals surface area contributed by atoms with Gasteiger partial charge in [-0.1, -0.05) is 18.1 Å². The van der Waals surface area contributed by atoms with Gasteiger partial charge in [0.1, 0.15) is 5.69 Å². The summed E-state index contributed by atoms with van der Waals surface area (Å²) in [5, 5.41) is 15.3. The van der Waals surface area contributed by atoms with Crippen molar-refractivity contribution < 1.29 is 14.4 Å². The summed E-state index contributed by atoms with van der Waals surface area (Å²) >= 11 is 0. The minimum Gasteiger partial charge on any atom is -0.394 e. The van der Waals surface area contributed by atoms with Crippen LogP contribution < -0.4 is 5.32 Å². The number of amides is 1. The molecule has 7 heteroatoms. The Hall–Kier alpha value is -2.28. The van der Waals surface area contributed by atoms with Gasteiger partial charge in [-0.3, -0.25) is 9.78 Å². The van der Waals surface area contributed by atoms with Gasteiger partial charge in [0, 0.05) is 6.20 Å². The number of carbonyl (C=O) groups is 1. The van der Waals surface area contributed by atoms with E-state index in [2.05, 4.69) is 20.4 Å². The molecule has 100 valence electrons. The molecular formula is C12H14N4O3. The van der Waals surface area contributed by atoms with Crippen molar-refractivity contribution in [1.82, 2.24) is 20.4 Å². The van der Waals surface area contributed by atoms with Crippen molar-refractivity contribution in [3.05, 3.63) is 30.3 Å². The number of hydrogen-bond acceptors (Lipinski definition) is 6. The Labute approximate surface area is 109 Å². The van der Waals surface area contributed by atoms with Crippen LogP contribution in [-0.2, 0) is 0 Å². The standard InChI is InChI=1S/C12H14N4O3/c1-2-8(7-17)14-11(18)12-15-10(16-19-12)9-5-3-4-6-13-9/h3-6,8,17H,2,7H2,1H3,(H,14,18)/t8-/m0/s1. The highest BCUT2D eigenvalue weighted by Gasteiger charge is 2.18. The molecule has 1 amide bonds. The Kier molecular flexibility index (Phi) is 4.19. The Bertz CT molecular complexity index is 537. The molecule has 0 saturated heterocycles. The van der Waals surface area contributed by atoms with Crippen LogP contribution in [0.1, 0.15) is 24.0 Å². The summed E-state index contributed by atoms with van der Waals surface area (Å²) in [7, 11) is 0. The molecule has 2 rings (SSSR count). The highest BCUT2D eigenvalue weighted by Crippen LogP contribution is 2.11. The lowest BCUT2D eigenvalue weighted by molar-refractivity contribution is 0.0870. The van der Waals surface area contributed by atoms with E-state index in [9.17, 15) is 4.79 Å². The van der Waals surface area contributed by atoms with Gasteiger partial charge in [-0.05, 0) is 18.6 Å². The van der Waals surface area contributed by atoms with Crippen LogP contribution in [0.2, 0.25) is 0 Å². The zero-order valence-electron chi connectivity index (χ0n) is 10.4. The molecule has 2 aromatic heterocycles. The number of carbonyl (C=O) groups excluding carboxylic acids is 1. The predicted molar refractivity (Wildman–Crippen MR) is 66.2 cm³/mol. The Morgan fingerprint density at radius 3 is 3.00 bits per heavy atom. The number of nitrogens with zero attached hydrogens (tertiary/aromatic N) is 3. The second-order valence-electron chi connectivity index (χ2n) is 3.90. The molecular weight excluding hydrogens is 248 g/mol. The summed E-state index contributed by atoms with van der Waals surface area (Å²) in [5.41, 5.74) is 0.527. The fourth-order valence-corrected chi connectivity index (χ4v) is 1.44. The first-order valence-corrected chi connectivity index (χ1v) is 5.91. The fraction of sp³-hybridized carbons (Fsp3) is 0.333. The van der Waals surface area contributed by atoms with E-state index in [0.29, 0.717) is 12.1 Å². The zero-order chi connectivity index (χ0) is 13.7. The number of pyridine rings is 1.